The van der Waals surface area contributed by atoms with Gasteiger partial charge in [-0.2, -0.15) is 0 Å². The first-order valence-electron chi connectivity index (χ1n) is 8.97. The number of aliphatic hydroxyl groups is 1. The van der Waals surface area contributed by atoms with Crippen LogP contribution in [-0.2, 0) is 33.5 Å². The molecule has 3 rings (SSSR count). The number of allylic oxidation sites excluding steroid dienone is 1. The summed E-state index contributed by atoms with van der Waals surface area (Å²) in [6, 6.07) is 0. The van der Waals surface area contributed by atoms with Gasteiger partial charge >= 0.3 is 13.3 Å². The van der Waals surface area contributed by atoms with Crippen molar-refractivity contribution in [3.8, 4) is 0 Å². The van der Waals surface area contributed by atoms with E-state index >= 15 is 0 Å². The second-order valence-electron chi connectivity index (χ2n) is 6.88. The molecule has 1 fully saturated rings. The predicted octanol–water partition coefficient (Wildman–Crippen LogP) is 0.835. The van der Waals surface area contributed by atoms with Crippen LogP contribution in [0.2, 0.25) is 0 Å². The lowest BCUT2D eigenvalue weighted by molar-refractivity contribution is -0.125. The minimum Gasteiger partial charge on any atom is -0.505 e. The Kier molecular flexibility index (Phi) is 6.07. The Morgan fingerprint density at radius 1 is 1.31 bits per heavy atom. The van der Waals surface area contributed by atoms with Crippen LogP contribution in [0.5, 0.6) is 0 Å². The molecule has 2 heterocycles. The van der Waals surface area contributed by atoms with Crippen LogP contribution >= 0.6 is 7.60 Å². The summed E-state index contributed by atoms with van der Waals surface area (Å²) in [5, 5.41) is 11.0. The van der Waals surface area contributed by atoms with Crippen molar-refractivity contribution in [1.82, 2.24) is 9.55 Å². The molecule has 12 heteroatoms. The summed E-state index contributed by atoms with van der Waals surface area (Å²) in [5.41, 5.74) is -3.20. The van der Waals surface area contributed by atoms with E-state index in [1.54, 1.807) is 0 Å². The average molecular weight is 432 g/mol. The fourth-order valence-electron chi connectivity index (χ4n) is 3.44. The minimum atomic E-state index is -3.34. The highest BCUT2D eigenvalue weighted by molar-refractivity contribution is 7.55. The molecule has 1 aliphatic carbocycles. The molecule has 0 aromatic carbocycles. The van der Waals surface area contributed by atoms with E-state index in [0.717, 1.165) is 4.57 Å². The van der Waals surface area contributed by atoms with Crippen molar-refractivity contribution in [3.05, 3.63) is 44.1 Å². The standard InChI is InChI=1S/C17H25N2O9P/c1-10-8-19(16(22)18-15(10)21)17(28-6-5-24-2)9-27-13(14(17)20)11-7-12(11)29(23,25-3)26-4/h8,11-12,20H,5-7,9H2,1-4H3,(H,18,21,22). The zero-order valence-electron chi connectivity index (χ0n) is 16.7. The third kappa shape index (κ3) is 3.69. The van der Waals surface area contributed by atoms with E-state index in [2.05, 4.69) is 4.98 Å². The molecule has 0 saturated heterocycles. The Morgan fingerprint density at radius 2 is 2.00 bits per heavy atom. The lowest BCUT2D eigenvalue weighted by atomic mass is 10.1. The lowest BCUT2D eigenvalue weighted by Crippen LogP contribution is -2.49. The Morgan fingerprint density at radius 3 is 2.62 bits per heavy atom. The van der Waals surface area contributed by atoms with E-state index in [1.165, 1.54) is 34.4 Å². The third-order valence-corrected chi connectivity index (χ3v) is 7.57. The van der Waals surface area contributed by atoms with Gasteiger partial charge in [0.25, 0.3) is 5.56 Å². The minimum absolute atomic E-state index is 0.0462. The van der Waals surface area contributed by atoms with Gasteiger partial charge in [0.1, 0.15) is 12.4 Å². The number of rotatable bonds is 9. The summed E-state index contributed by atoms with van der Waals surface area (Å²) >= 11 is 0. The van der Waals surface area contributed by atoms with Crippen LogP contribution < -0.4 is 11.2 Å². The fraction of sp³-hybridized carbons (Fsp3) is 0.647. The van der Waals surface area contributed by atoms with Gasteiger partial charge in [0.2, 0.25) is 5.72 Å². The predicted molar refractivity (Wildman–Crippen MR) is 101 cm³/mol. The van der Waals surface area contributed by atoms with Crippen molar-refractivity contribution in [2.24, 2.45) is 5.92 Å². The maximum Gasteiger partial charge on any atom is 0.333 e. The van der Waals surface area contributed by atoms with E-state index in [0.29, 0.717) is 6.42 Å². The molecular weight excluding hydrogens is 407 g/mol. The molecule has 1 aliphatic heterocycles. The Bertz CT molecular complexity index is 960. The smallest absolute Gasteiger partial charge is 0.333 e. The summed E-state index contributed by atoms with van der Waals surface area (Å²) < 4.78 is 40.3. The lowest BCUT2D eigenvalue weighted by Gasteiger charge is -2.29. The van der Waals surface area contributed by atoms with Crippen LogP contribution in [0.15, 0.2) is 27.3 Å². The van der Waals surface area contributed by atoms with Crippen molar-refractivity contribution in [2.45, 2.75) is 24.7 Å². The molecule has 1 aromatic heterocycles. The van der Waals surface area contributed by atoms with Gasteiger partial charge in [0, 0.05) is 39.0 Å². The molecule has 0 bridgehead atoms. The van der Waals surface area contributed by atoms with E-state index < -0.39 is 36.1 Å². The highest BCUT2D eigenvalue weighted by Crippen LogP contribution is 2.67. The molecule has 1 saturated carbocycles. The van der Waals surface area contributed by atoms with Crippen molar-refractivity contribution in [2.75, 3.05) is 41.2 Å². The van der Waals surface area contributed by atoms with E-state index in [1.807, 2.05) is 0 Å². The summed E-state index contributed by atoms with van der Waals surface area (Å²) in [6.45, 7) is 1.57. The zero-order valence-corrected chi connectivity index (χ0v) is 17.6. The van der Waals surface area contributed by atoms with E-state index in [9.17, 15) is 19.3 Å². The molecule has 0 spiro atoms. The number of H-pyrrole nitrogens is 1. The van der Waals surface area contributed by atoms with Crippen molar-refractivity contribution in [3.63, 3.8) is 0 Å². The van der Waals surface area contributed by atoms with Crippen LogP contribution in [0.25, 0.3) is 0 Å². The van der Waals surface area contributed by atoms with Gasteiger partial charge in [0.05, 0.1) is 18.9 Å². The third-order valence-electron chi connectivity index (χ3n) is 5.17. The number of hydrogen-bond acceptors (Lipinski definition) is 9. The molecule has 1 aromatic rings. The average Bonchev–Trinajstić information content (AvgIpc) is 3.44. The maximum absolute atomic E-state index is 12.6. The first-order valence-corrected chi connectivity index (χ1v) is 10.6. The van der Waals surface area contributed by atoms with Gasteiger partial charge in [-0.3, -0.25) is 18.9 Å². The molecule has 2 aliphatic rings. The Labute approximate surface area is 166 Å². The van der Waals surface area contributed by atoms with Crippen LogP contribution in [0.3, 0.4) is 0 Å². The Hall–Kier alpha value is -1.91. The van der Waals surface area contributed by atoms with Crippen molar-refractivity contribution < 1.29 is 32.9 Å². The zero-order chi connectivity index (χ0) is 21.4. The molecule has 2 N–H and O–H groups in total. The number of aromatic amines is 1. The molecule has 3 atom stereocenters. The first kappa shape index (κ1) is 21.8. The topological polar surface area (TPSA) is 138 Å². The number of nitrogens with zero attached hydrogens (tertiary/aromatic N) is 1. The summed E-state index contributed by atoms with van der Waals surface area (Å²) in [5.74, 6) is -0.570. The van der Waals surface area contributed by atoms with Gasteiger partial charge < -0.3 is 28.4 Å². The van der Waals surface area contributed by atoms with Crippen molar-refractivity contribution in [1.29, 1.82) is 0 Å². The van der Waals surface area contributed by atoms with E-state index in [4.69, 9.17) is 23.3 Å². The molecule has 3 unspecified atom stereocenters. The van der Waals surface area contributed by atoms with Crippen LogP contribution in [0.4, 0.5) is 0 Å². The maximum atomic E-state index is 12.6. The number of aryl methyl sites for hydroxylation is 1. The molecule has 11 nitrogen and oxygen atoms in total. The first-order chi connectivity index (χ1) is 13.7. The molecule has 162 valence electrons. The number of nitrogens with one attached hydrogen (secondary N) is 1. The van der Waals surface area contributed by atoms with Gasteiger partial charge in [0.15, 0.2) is 5.76 Å². The second kappa shape index (κ2) is 8.08. The van der Waals surface area contributed by atoms with E-state index in [-0.39, 0.29) is 36.9 Å². The number of ether oxygens (including phenoxy) is 3. The SMILES string of the molecule is COCCOC1(n2cc(C)c(=O)[nH]c2=O)COC(C2CC2P(=O)(OC)OC)=C1O. The number of aliphatic hydroxyl groups excluding tert-OH is 1. The largest absolute Gasteiger partial charge is 0.505 e. The van der Waals surface area contributed by atoms with Crippen molar-refractivity contribution >= 4 is 7.60 Å². The second-order valence-corrected chi connectivity index (χ2v) is 9.36. The fourth-order valence-corrected chi connectivity index (χ4v) is 5.19. The molecular formula is C17H25N2O9P. The van der Waals surface area contributed by atoms with Crippen LogP contribution in [0, 0.1) is 12.8 Å². The summed E-state index contributed by atoms with van der Waals surface area (Å²) in [6.07, 6.45) is 1.72. The molecule has 0 amide bonds. The highest BCUT2D eigenvalue weighted by Gasteiger charge is 2.60. The van der Waals surface area contributed by atoms with Gasteiger partial charge in [-0.25, -0.2) is 4.79 Å². The number of methoxy groups -OCH3 is 1. The van der Waals surface area contributed by atoms with Gasteiger partial charge in [-0.15, -0.1) is 0 Å². The van der Waals surface area contributed by atoms with Gasteiger partial charge in [-0.05, 0) is 13.3 Å². The quantitative estimate of drug-likeness (QED) is 0.429. The number of aromatic nitrogens is 2. The number of hydrogen-bond donors (Lipinski definition) is 2. The van der Waals surface area contributed by atoms with Gasteiger partial charge in [-0.1, -0.05) is 0 Å². The van der Waals surface area contributed by atoms with Crippen LogP contribution in [0.1, 0.15) is 12.0 Å². The normalized spacial score (nSPS) is 26.6. The Balaban J connectivity index is 2.03. The summed E-state index contributed by atoms with van der Waals surface area (Å²) in [4.78, 5) is 26.5. The van der Waals surface area contributed by atoms with Crippen LogP contribution in [-0.4, -0.2) is 61.5 Å². The monoisotopic (exact) mass is 432 g/mol. The molecule has 0 radical (unpaired) electrons. The summed E-state index contributed by atoms with van der Waals surface area (Å²) in [7, 11) is 0.735. The molecule has 29 heavy (non-hydrogen) atoms. The highest BCUT2D eigenvalue weighted by atomic mass is 31.2.